The van der Waals surface area contributed by atoms with E-state index in [-0.39, 0.29) is 5.97 Å². The van der Waals surface area contributed by atoms with E-state index in [1.165, 1.54) is 0 Å². The molecule has 72 valence electrons. The molecule has 0 heterocycles. The molecule has 0 saturated heterocycles. The normalized spacial score (nSPS) is 10.3. The molecule has 0 radical (unpaired) electrons. The molecule has 0 aromatic heterocycles. The summed E-state index contributed by atoms with van der Waals surface area (Å²) in [5.41, 5.74) is 0. The van der Waals surface area contributed by atoms with Gasteiger partial charge < -0.3 is 9.64 Å². The lowest BCUT2D eigenvalue weighted by atomic mass is 10.3. The van der Waals surface area contributed by atoms with Crippen LogP contribution in [0.2, 0.25) is 0 Å². The van der Waals surface area contributed by atoms with E-state index < -0.39 is 0 Å². The molecule has 0 N–H and O–H groups in total. The molecule has 0 aliphatic heterocycles. The van der Waals surface area contributed by atoms with Crippen molar-refractivity contribution in [1.82, 2.24) is 4.90 Å². The van der Waals surface area contributed by atoms with Gasteiger partial charge in [-0.1, -0.05) is 6.92 Å². The largest absolute Gasteiger partial charge is 0.466 e. The van der Waals surface area contributed by atoms with E-state index in [9.17, 15) is 4.79 Å². The van der Waals surface area contributed by atoms with Crippen LogP contribution in [0.25, 0.3) is 0 Å². The van der Waals surface area contributed by atoms with Gasteiger partial charge in [-0.2, -0.15) is 0 Å². The highest BCUT2D eigenvalue weighted by Crippen LogP contribution is 1.92. The zero-order valence-corrected chi connectivity index (χ0v) is 8.30. The van der Waals surface area contributed by atoms with Gasteiger partial charge in [-0.05, 0) is 26.9 Å². The highest BCUT2D eigenvalue weighted by molar-refractivity contribution is 5.69. The Labute approximate surface area is 74.7 Å². The van der Waals surface area contributed by atoms with Crippen LogP contribution in [-0.4, -0.2) is 38.1 Å². The topological polar surface area (TPSA) is 29.5 Å². The van der Waals surface area contributed by atoms with Gasteiger partial charge in [0.1, 0.15) is 0 Å². The van der Waals surface area contributed by atoms with Crippen LogP contribution >= 0.6 is 0 Å². The second kappa shape index (κ2) is 7.10. The Kier molecular flexibility index (Phi) is 6.76. The lowest BCUT2D eigenvalue weighted by molar-refractivity contribution is -0.143. The van der Waals surface area contributed by atoms with Crippen LogP contribution in [0.3, 0.4) is 0 Å². The van der Waals surface area contributed by atoms with Crippen molar-refractivity contribution >= 4 is 5.97 Å². The predicted octanol–water partition coefficient (Wildman–Crippen LogP) is 1.28. The van der Waals surface area contributed by atoms with E-state index >= 15 is 0 Å². The Hall–Kier alpha value is -0.570. The highest BCUT2D eigenvalue weighted by Gasteiger charge is 1.99. The molecule has 12 heavy (non-hydrogen) atoms. The molecule has 0 aliphatic carbocycles. The van der Waals surface area contributed by atoms with Gasteiger partial charge in [0.2, 0.25) is 0 Å². The second-order valence-corrected chi connectivity index (χ2v) is 3.13. The molecule has 0 aromatic carbocycles. The molecule has 0 atom stereocenters. The first kappa shape index (κ1) is 11.4. The maximum Gasteiger partial charge on any atom is 0.305 e. The molecular weight excluding hydrogens is 154 g/mol. The molecule has 0 saturated carbocycles. The first-order valence-corrected chi connectivity index (χ1v) is 4.47. The number of hydrogen-bond donors (Lipinski definition) is 0. The SMILES string of the molecule is CCCC(=O)OCCCN(C)C. The monoisotopic (exact) mass is 173 g/mol. The summed E-state index contributed by atoms with van der Waals surface area (Å²) in [6.07, 6.45) is 2.33. The summed E-state index contributed by atoms with van der Waals surface area (Å²) in [6, 6.07) is 0. The van der Waals surface area contributed by atoms with Gasteiger partial charge in [-0.3, -0.25) is 4.79 Å². The van der Waals surface area contributed by atoms with Crippen LogP contribution in [0.4, 0.5) is 0 Å². The molecule has 3 nitrogen and oxygen atoms in total. The minimum absolute atomic E-state index is 0.0729. The van der Waals surface area contributed by atoms with E-state index in [0.717, 1.165) is 19.4 Å². The molecule has 0 aliphatic rings. The summed E-state index contributed by atoms with van der Waals surface area (Å²) in [5.74, 6) is -0.0729. The third kappa shape index (κ3) is 7.54. The Morgan fingerprint density at radius 1 is 1.42 bits per heavy atom. The van der Waals surface area contributed by atoms with Crippen molar-refractivity contribution in [3.63, 3.8) is 0 Å². The fraction of sp³-hybridized carbons (Fsp3) is 0.889. The van der Waals surface area contributed by atoms with Gasteiger partial charge in [0.15, 0.2) is 0 Å². The standard InChI is InChI=1S/C9H19NO2/c1-4-6-9(11)12-8-5-7-10(2)3/h4-8H2,1-3H3. The molecule has 0 spiro atoms. The average molecular weight is 173 g/mol. The second-order valence-electron chi connectivity index (χ2n) is 3.13. The fourth-order valence-electron chi connectivity index (χ4n) is 0.843. The van der Waals surface area contributed by atoms with E-state index in [1.807, 2.05) is 21.0 Å². The molecule has 0 amide bonds. The number of carbonyl (C=O) groups excluding carboxylic acids is 1. The van der Waals surface area contributed by atoms with E-state index in [2.05, 4.69) is 4.90 Å². The third-order valence-electron chi connectivity index (χ3n) is 1.47. The first-order valence-electron chi connectivity index (χ1n) is 4.47. The first-order chi connectivity index (χ1) is 5.66. The number of esters is 1. The average Bonchev–Trinajstić information content (AvgIpc) is 1.98. The number of ether oxygens (including phenoxy) is 1. The van der Waals surface area contributed by atoms with Gasteiger partial charge in [0, 0.05) is 13.0 Å². The van der Waals surface area contributed by atoms with E-state index in [0.29, 0.717) is 13.0 Å². The van der Waals surface area contributed by atoms with E-state index in [1.54, 1.807) is 0 Å². The van der Waals surface area contributed by atoms with Crippen molar-refractivity contribution < 1.29 is 9.53 Å². The Bertz CT molecular complexity index is 124. The van der Waals surface area contributed by atoms with Gasteiger partial charge in [-0.25, -0.2) is 0 Å². The van der Waals surface area contributed by atoms with Crippen molar-refractivity contribution in [2.45, 2.75) is 26.2 Å². The minimum Gasteiger partial charge on any atom is -0.466 e. The quantitative estimate of drug-likeness (QED) is 0.447. The molecule has 0 aromatic rings. The molecule has 3 heteroatoms. The van der Waals surface area contributed by atoms with E-state index in [4.69, 9.17) is 4.74 Å². The third-order valence-corrected chi connectivity index (χ3v) is 1.47. The van der Waals surface area contributed by atoms with Crippen molar-refractivity contribution in [3.05, 3.63) is 0 Å². The van der Waals surface area contributed by atoms with Crippen LogP contribution in [0.5, 0.6) is 0 Å². The van der Waals surface area contributed by atoms with Gasteiger partial charge in [0.05, 0.1) is 6.61 Å². The lowest BCUT2D eigenvalue weighted by Crippen LogP contribution is -2.16. The summed E-state index contributed by atoms with van der Waals surface area (Å²) in [5, 5.41) is 0. The van der Waals surface area contributed by atoms with Crippen molar-refractivity contribution in [2.24, 2.45) is 0 Å². The minimum atomic E-state index is -0.0729. The fourth-order valence-corrected chi connectivity index (χ4v) is 0.843. The van der Waals surface area contributed by atoms with Crippen molar-refractivity contribution in [1.29, 1.82) is 0 Å². The predicted molar refractivity (Wildman–Crippen MR) is 49.0 cm³/mol. The van der Waals surface area contributed by atoms with Crippen LogP contribution < -0.4 is 0 Å². The van der Waals surface area contributed by atoms with Crippen LogP contribution in [0.1, 0.15) is 26.2 Å². The summed E-state index contributed by atoms with van der Waals surface area (Å²) in [4.78, 5) is 12.9. The number of hydrogen-bond acceptors (Lipinski definition) is 3. The smallest absolute Gasteiger partial charge is 0.305 e. The van der Waals surface area contributed by atoms with Crippen molar-refractivity contribution in [3.8, 4) is 0 Å². The van der Waals surface area contributed by atoms with Crippen LogP contribution in [0, 0.1) is 0 Å². The molecule has 0 bridgehead atoms. The number of nitrogens with zero attached hydrogens (tertiary/aromatic N) is 1. The van der Waals surface area contributed by atoms with Crippen LogP contribution in [-0.2, 0) is 9.53 Å². The molecule has 0 rings (SSSR count). The number of rotatable bonds is 6. The van der Waals surface area contributed by atoms with Gasteiger partial charge in [0.25, 0.3) is 0 Å². The van der Waals surface area contributed by atoms with Crippen molar-refractivity contribution in [2.75, 3.05) is 27.2 Å². The summed E-state index contributed by atoms with van der Waals surface area (Å²) in [6.45, 7) is 3.50. The Balaban J connectivity index is 3.14. The Morgan fingerprint density at radius 2 is 2.08 bits per heavy atom. The molecule has 0 unspecified atom stereocenters. The molecular formula is C9H19NO2. The summed E-state index contributed by atoms with van der Waals surface area (Å²) >= 11 is 0. The van der Waals surface area contributed by atoms with Gasteiger partial charge in [-0.15, -0.1) is 0 Å². The van der Waals surface area contributed by atoms with Crippen LogP contribution in [0.15, 0.2) is 0 Å². The molecule has 0 fully saturated rings. The zero-order valence-electron chi connectivity index (χ0n) is 8.30. The number of carbonyl (C=O) groups is 1. The Morgan fingerprint density at radius 3 is 2.58 bits per heavy atom. The summed E-state index contributed by atoms with van der Waals surface area (Å²) < 4.78 is 4.97. The maximum absolute atomic E-state index is 10.9. The highest BCUT2D eigenvalue weighted by atomic mass is 16.5. The van der Waals surface area contributed by atoms with Gasteiger partial charge >= 0.3 is 5.97 Å². The summed E-state index contributed by atoms with van der Waals surface area (Å²) in [7, 11) is 4.02. The maximum atomic E-state index is 10.9. The lowest BCUT2D eigenvalue weighted by Gasteiger charge is -2.08. The zero-order chi connectivity index (χ0) is 9.40.